The zero-order chi connectivity index (χ0) is 27.5. The zero-order valence-corrected chi connectivity index (χ0v) is 23.3. The Bertz CT molecular complexity index is 1220. The molecule has 3 rings (SSSR count). The van der Waals surface area contributed by atoms with Gasteiger partial charge in [-0.3, -0.25) is 4.79 Å². The average molecular weight is 542 g/mol. The Balaban J connectivity index is 1.76. The van der Waals surface area contributed by atoms with Gasteiger partial charge in [-0.1, -0.05) is 31.5 Å². The molecule has 1 aromatic heterocycles. The molecule has 3 amide bonds. The lowest BCUT2D eigenvalue weighted by molar-refractivity contribution is -0.132. The second-order valence-corrected chi connectivity index (χ2v) is 10.3. The number of methoxy groups -OCH3 is 2. The van der Waals surface area contributed by atoms with Gasteiger partial charge in [0.1, 0.15) is 12.4 Å². The van der Waals surface area contributed by atoms with Gasteiger partial charge >= 0.3 is 6.03 Å². The van der Waals surface area contributed by atoms with Crippen LogP contribution in [0.2, 0.25) is 0 Å². The Kier molecular flexibility index (Phi) is 11.0. The minimum atomic E-state index is -0.521. The van der Waals surface area contributed by atoms with E-state index in [2.05, 4.69) is 5.32 Å². The summed E-state index contributed by atoms with van der Waals surface area (Å²) in [6.07, 6.45) is 2.19. The number of nitrogens with one attached hydrogen (secondary N) is 1. The monoisotopic (exact) mass is 541 g/mol. The first-order valence-corrected chi connectivity index (χ1v) is 13.5. The first-order chi connectivity index (χ1) is 18.3. The summed E-state index contributed by atoms with van der Waals surface area (Å²) >= 11 is 1.64. The Hall–Kier alpha value is -3.59. The lowest BCUT2D eigenvalue weighted by atomic mass is 10.1. The van der Waals surface area contributed by atoms with Gasteiger partial charge in [0, 0.05) is 22.8 Å². The van der Waals surface area contributed by atoms with Crippen molar-refractivity contribution in [3.63, 3.8) is 0 Å². The number of nitrogens with zero attached hydrogens (tertiary/aromatic N) is 2. The zero-order valence-electron chi connectivity index (χ0n) is 22.5. The molecule has 3 aromatic rings. The maximum Gasteiger partial charge on any atom is 0.322 e. The van der Waals surface area contributed by atoms with Gasteiger partial charge in [0.2, 0.25) is 5.91 Å². The first-order valence-electron chi connectivity index (χ1n) is 12.7. The fraction of sp³-hybridized carbons (Fsp3) is 0.379. The van der Waals surface area contributed by atoms with Gasteiger partial charge in [-0.15, -0.1) is 11.3 Å². The van der Waals surface area contributed by atoms with E-state index in [0.29, 0.717) is 37.6 Å². The van der Waals surface area contributed by atoms with Crippen LogP contribution in [0.25, 0.3) is 0 Å². The lowest BCUT2D eigenvalue weighted by Gasteiger charge is -2.28. The average Bonchev–Trinajstić information content (AvgIpc) is 3.34. The van der Waals surface area contributed by atoms with E-state index >= 15 is 0 Å². The fourth-order valence-corrected chi connectivity index (χ4v) is 4.88. The van der Waals surface area contributed by atoms with Gasteiger partial charge in [-0.05, 0) is 61.7 Å². The summed E-state index contributed by atoms with van der Waals surface area (Å²) in [6, 6.07) is 15.3. The number of hydrogen-bond donors (Lipinski definition) is 1. The summed E-state index contributed by atoms with van der Waals surface area (Å²) in [5, 5.41) is 2.62. The molecular weight excluding hydrogens is 505 g/mol. The first kappa shape index (κ1) is 29.0. The quantitative estimate of drug-likeness (QED) is 0.283. The van der Waals surface area contributed by atoms with E-state index in [1.165, 1.54) is 21.9 Å². The summed E-state index contributed by atoms with van der Waals surface area (Å²) in [5.41, 5.74) is 1.09. The third-order valence-corrected chi connectivity index (χ3v) is 7.11. The molecule has 0 aliphatic rings. The molecule has 2 aromatic carbocycles. The molecule has 1 N–H and O–H groups in total. The highest BCUT2D eigenvalue weighted by Gasteiger charge is 2.23. The molecule has 0 radical (unpaired) electrons. The molecule has 204 valence electrons. The second kappa shape index (κ2) is 14.4. The molecule has 0 saturated carbocycles. The molecule has 0 unspecified atom stereocenters. The Morgan fingerprint density at radius 3 is 2.39 bits per heavy atom. The maximum absolute atomic E-state index is 14.1. The molecule has 0 aliphatic carbocycles. The van der Waals surface area contributed by atoms with Crippen molar-refractivity contribution in [2.75, 3.05) is 39.2 Å². The normalized spacial score (nSPS) is 10.7. The topological polar surface area (TPSA) is 71.1 Å². The van der Waals surface area contributed by atoms with Crippen molar-refractivity contribution in [2.45, 2.75) is 39.7 Å². The Labute approximate surface area is 228 Å². The van der Waals surface area contributed by atoms with Gasteiger partial charge in [0.15, 0.2) is 11.5 Å². The van der Waals surface area contributed by atoms with Crippen LogP contribution in [0.4, 0.5) is 14.9 Å². The number of aryl methyl sites for hydroxylation is 1. The molecule has 0 fully saturated rings. The van der Waals surface area contributed by atoms with Gasteiger partial charge in [0.05, 0.1) is 26.5 Å². The molecule has 0 aliphatic heterocycles. The van der Waals surface area contributed by atoms with Crippen molar-refractivity contribution in [1.29, 1.82) is 0 Å². The van der Waals surface area contributed by atoms with E-state index < -0.39 is 11.8 Å². The number of anilines is 1. The van der Waals surface area contributed by atoms with Gasteiger partial charge in [-0.2, -0.15) is 0 Å². The Morgan fingerprint density at radius 2 is 1.74 bits per heavy atom. The molecule has 0 bridgehead atoms. The SMILES string of the molecule is CCCCN(CC(=O)N(CCc1ccc(OC)c(OC)c1)Cc1ccc(C)s1)C(=O)Nc1ccccc1F. The highest BCUT2D eigenvalue weighted by atomic mass is 32.1. The van der Waals surface area contributed by atoms with E-state index in [1.54, 1.807) is 42.6 Å². The van der Waals surface area contributed by atoms with Crippen LogP contribution in [-0.4, -0.2) is 55.6 Å². The number of amides is 3. The fourth-order valence-electron chi connectivity index (χ4n) is 3.97. The number of rotatable bonds is 13. The maximum atomic E-state index is 14.1. The highest BCUT2D eigenvalue weighted by Crippen LogP contribution is 2.28. The van der Waals surface area contributed by atoms with Crippen molar-refractivity contribution >= 4 is 29.0 Å². The number of benzene rings is 2. The lowest BCUT2D eigenvalue weighted by Crippen LogP contribution is -2.45. The molecule has 38 heavy (non-hydrogen) atoms. The summed E-state index contributed by atoms with van der Waals surface area (Å²) in [5.74, 6) is 0.585. The predicted molar refractivity (Wildman–Crippen MR) is 150 cm³/mol. The van der Waals surface area contributed by atoms with E-state index in [4.69, 9.17) is 9.47 Å². The largest absolute Gasteiger partial charge is 0.493 e. The van der Waals surface area contributed by atoms with E-state index in [0.717, 1.165) is 23.3 Å². The molecule has 9 heteroatoms. The molecule has 0 atom stereocenters. The standard InChI is InChI=1S/C29H36FN3O4S/c1-5-6-16-33(29(35)31-25-10-8-7-9-24(25)30)20-28(34)32(19-23-13-11-21(2)38-23)17-15-22-12-14-26(36-3)27(18-22)37-4/h7-14,18H,5-6,15-17,19-20H2,1-4H3,(H,31,35). The minimum absolute atomic E-state index is 0.0887. The third-order valence-electron chi connectivity index (χ3n) is 6.12. The van der Waals surface area contributed by atoms with E-state index in [-0.39, 0.29) is 18.1 Å². The molecular formula is C29H36FN3O4S. The summed E-state index contributed by atoms with van der Waals surface area (Å²) in [6.45, 7) is 5.25. The van der Waals surface area contributed by atoms with Crippen LogP contribution in [0.3, 0.4) is 0 Å². The second-order valence-electron chi connectivity index (χ2n) is 8.95. The number of halogens is 1. The van der Waals surface area contributed by atoms with Crippen molar-refractivity contribution in [2.24, 2.45) is 0 Å². The van der Waals surface area contributed by atoms with Crippen LogP contribution in [0.1, 0.15) is 35.1 Å². The number of thiophene rings is 1. The number of para-hydroxylation sites is 1. The van der Waals surface area contributed by atoms with E-state index in [9.17, 15) is 14.0 Å². The highest BCUT2D eigenvalue weighted by molar-refractivity contribution is 7.11. The van der Waals surface area contributed by atoms with E-state index in [1.807, 2.05) is 44.2 Å². The smallest absolute Gasteiger partial charge is 0.322 e. The number of carbonyl (C=O) groups excluding carboxylic acids is 2. The number of hydrogen-bond acceptors (Lipinski definition) is 5. The summed E-state index contributed by atoms with van der Waals surface area (Å²) < 4.78 is 24.9. The number of ether oxygens (including phenoxy) is 2. The van der Waals surface area contributed by atoms with Crippen molar-refractivity contribution in [1.82, 2.24) is 9.80 Å². The van der Waals surface area contributed by atoms with Gasteiger partial charge < -0.3 is 24.6 Å². The summed E-state index contributed by atoms with van der Waals surface area (Å²) in [7, 11) is 3.18. The molecule has 0 spiro atoms. The van der Waals surface area contributed by atoms with Crippen molar-refractivity contribution in [3.8, 4) is 11.5 Å². The van der Waals surface area contributed by atoms with Crippen LogP contribution in [0.15, 0.2) is 54.6 Å². The Morgan fingerprint density at radius 1 is 0.974 bits per heavy atom. The number of urea groups is 1. The van der Waals surface area contributed by atoms with Crippen LogP contribution in [-0.2, 0) is 17.8 Å². The molecule has 7 nitrogen and oxygen atoms in total. The minimum Gasteiger partial charge on any atom is -0.493 e. The van der Waals surface area contributed by atoms with Crippen molar-refractivity contribution < 1.29 is 23.5 Å². The molecule has 1 heterocycles. The third kappa shape index (κ3) is 8.21. The number of carbonyl (C=O) groups is 2. The predicted octanol–water partition coefficient (Wildman–Crippen LogP) is 6.12. The van der Waals surface area contributed by atoms with Gasteiger partial charge in [-0.25, -0.2) is 9.18 Å². The van der Waals surface area contributed by atoms with Gasteiger partial charge in [0.25, 0.3) is 0 Å². The van der Waals surface area contributed by atoms with Crippen LogP contribution in [0, 0.1) is 12.7 Å². The number of unbranched alkanes of at least 4 members (excludes halogenated alkanes) is 1. The van der Waals surface area contributed by atoms with Crippen LogP contribution in [0.5, 0.6) is 11.5 Å². The van der Waals surface area contributed by atoms with Crippen molar-refractivity contribution in [3.05, 3.63) is 75.7 Å². The van der Waals surface area contributed by atoms with Crippen LogP contribution < -0.4 is 14.8 Å². The summed E-state index contributed by atoms with van der Waals surface area (Å²) in [4.78, 5) is 32.1. The molecule has 0 saturated heterocycles. The van der Waals surface area contributed by atoms with Crippen LogP contribution >= 0.6 is 11.3 Å².